The van der Waals surface area contributed by atoms with Crippen molar-refractivity contribution >= 4 is 17.9 Å². The second-order valence-electron chi connectivity index (χ2n) is 3.73. The number of benzene rings is 1. The van der Waals surface area contributed by atoms with Crippen molar-refractivity contribution in [1.29, 1.82) is 0 Å². The van der Waals surface area contributed by atoms with E-state index < -0.39 is 6.09 Å². The molecule has 0 fully saturated rings. The van der Waals surface area contributed by atoms with Crippen LogP contribution in [0.15, 0.2) is 24.3 Å². The number of fused-ring (bicyclic) bond motifs is 1. The van der Waals surface area contributed by atoms with E-state index >= 15 is 0 Å². The van der Waals surface area contributed by atoms with E-state index in [0.717, 1.165) is 4.90 Å². The SMILES string of the molecule is COC(=O)NCCN1C(=O)c2ccccc2C1=O. The molecule has 3 amide bonds. The molecule has 0 aromatic heterocycles. The second-order valence-corrected chi connectivity index (χ2v) is 3.73. The molecule has 0 atom stereocenters. The van der Waals surface area contributed by atoms with Crippen molar-refractivity contribution in [2.45, 2.75) is 0 Å². The molecule has 0 bridgehead atoms. The van der Waals surface area contributed by atoms with E-state index in [1.807, 2.05) is 0 Å². The smallest absolute Gasteiger partial charge is 0.406 e. The lowest BCUT2D eigenvalue weighted by atomic mass is 10.1. The molecule has 1 heterocycles. The lowest BCUT2D eigenvalue weighted by molar-refractivity contribution is 0.0653. The van der Waals surface area contributed by atoms with Gasteiger partial charge in [-0.25, -0.2) is 4.79 Å². The molecular formula is C12H12N2O4. The molecule has 1 aliphatic rings. The molecule has 0 radical (unpaired) electrons. The van der Waals surface area contributed by atoms with E-state index in [0.29, 0.717) is 11.1 Å². The van der Waals surface area contributed by atoms with Gasteiger partial charge in [-0.05, 0) is 12.1 Å². The van der Waals surface area contributed by atoms with E-state index in [1.165, 1.54) is 7.11 Å². The first kappa shape index (κ1) is 12.1. The monoisotopic (exact) mass is 248 g/mol. The zero-order valence-electron chi connectivity index (χ0n) is 9.80. The fourth-order valence-corrected chi connectivity index (χ4v) is 1.78. The Morgan fingerprint density at radius 2 is 1.78 bits per heavy atom. The first-order valence-corrected chi connectivity index (χ1v) is 5.42. The van der Waals surface area contributed by atoms with E-state index in [4.69, 9.17) is 0 Å². The number of nitrogens with one attached hydrogen (secondary N) is 1. The summed E-state index contributed by atoms with van der Waals surface area (Å²) in [4.78, 5) is 35.8. The third-order valence-electron chi connectivity index (χ3n) is 2.67. The van der Waals surface area contributed by atoms with E-state index in [9.17, 15) is 14.4 Å². The highest BCUT2D eigenvalue weighted by Crippen LogP contribution is 2.21. The fraction of sp³-hybridized carbons (Fsp3) is 0.250. The number of imide groups is 1. The van der Waals surface area contributed by atoms with Crippen molar-refractivity contribution in [3.8, 4) is 0 Å². The molecule has 1 aromatic carbocycles. The Labute approximate surface area is 104 Å². The number of amides is 3. The van der Waals surface area contributed by atoms with Crippen LogP contribution in [-0.2, 0) is 4.74 Å². The molecule has 1 N–H and O–H groups in total. The maximum atomic E-state index is 11.9. The summed E-state index contributed by atoms with van der Waals surface area (Å²) < 4.78 is 4.39. The van der Waals surface area contributed by atoms with Crippen LogP contribution >= 0.6 is 0 Å². The number of ether oxygens (including phenoxy) is 1. The molecule has 0 aliphatic carbocycles. The third-order valence-corrected chi connectivity index (χ3v) is 2.67. The summed E-state index contributed by atoms with van der Waals surface area (Å²) in [5.74, 6) is -0.662. The Hall–Kier alpha value is -2.37. The zero-order valence-corrected chi connectivity index (χ0v) is 9.80. The number of hydrogen-bond acceptors (Lipinski definition) is 4. The average molecular weight is 248 g/mol. The molecule has 2 rings (SSSR count). The van der Waals surface area contributed by atoms with Crippen molar-refractivity contribution in [1.82, 2.24) is 10.2 Å². The summed E-state index contributed by atoms with van der Waals surface area (Å²) >= 11 is 0. The number of carbonyl (C=O) groups is 3. The predicted octanol–water partition coefficient (Wildman–Crippen LogP) is 0.639. The quantitative estimate of drug-likeness (QED) is 0.796. The minimum absolute atomic E-state index is 0.126. The molecule has 0 spiro atoms. The van der Waals surface area contributed by atoms with Crippen LogP contribution in [-0.4, -0.2) is 43.0 Å². The summed E-state index contributed by atoms with van der Waals surface area (Å²) in [5.41, 5.74) is 0.807. The molecular weight excluding hydrogens is 236 g/mol. The first-order valence-electron chi connectivity index (χ1n) is 5.42. The lowest BCUT2D eigenvalue weighted by Gasteiger charge is -2.13. The van der Waals surface area contributed by atoms with Gasteiger partial charge in [-0.2, -0.15) is 0 Å². The van der Waals surface area contributed by atoms with Gasteiger partial charge in [0.2, 0.25) is 0 Å². The summed E-state index contributed by atoms with van der Waals surface area (Å²) in [6.45, 7) is 0.291. The van der Waals surface area contributed by atoms with Crippen LogP contribution in [0.4, 0.5) is 4.79 Å². The van der Waals surface area contributed by atoms with Gasteiger partial charge in [0.05, 0.1) is 18.2 Å². The molecule has 94 valence electrons. The van der Waals surface area contributed by atoms with Crippen LogP contribution in [0.25, 0.3) is 0 Å². The van der Waals surface area contributed by atoms with Crippen LogP contribution in [0.2, 0.25) is 0 Å². The van der Waals surface area contributed by atoms with Gasteiger partial charge < -0.3 is 10.1 Å². The highest BCUT2D eigenvalue weighted by molar-refractivity contribution is 6.21. The molecule has 6 heteroatoms. The number of methoxy groups -OCH3 is 1. The number of nitrogens with zero attached hydrogens (tertiary/aromatic N) is 1. The largest absolute Gasteiger partial charge is 0.453 e. The summed E-state index contributed by atoms with van der Waals surface area (Å²) in [7, 11) is 1.25. The maximum absolute atomic E-state index is 11.9. The Kier molecular flexibility index (Phi) is 3.27. The number of rotatable bonds is 3. The maximum Gasteiger partial charge on any atom is 0.406 e. The highest BCUT2D eigenvalue weighted by Gasteiger charge is 2.34. The minimum Gasteiger partial charge on any atom is -0.453 e. The topological polar surface area (TPSA) is 75.7 Å². The zero-order chi connectivity index (χ0) is 13.1. The van der Waals surface area contributed by atoms with Crippen LogP contribution in [0.5, 0.6) is 0 Å². The third kappa shape index (κ3) is 2.04. The molecule has 18 heavy (non-hydrogen) atoms. The van der Waals surface area contributed by atoms with E-state index in [2.05, 4.69) is 10.1 Å². The van der Waals surface area contributed by atoms with Crippen molar-refractivity contribution in [2.75, 3.05) is 20.2 Å². The van der Waals surface area contributed by atoms with Gasteiger partial charge in [0.15, 0.2) is 0 Å². The molecule has 0 saturated heterocycles. The van der Waals surface area contributed by atoms with Gasteiger partial charge in [-0.1, -0.05) is 12.1 Å². The van der Waals surface area contributed by atoms with Gasteiger partial charge in [-0.15, -0.1) is 0 Å². The summed E-state index contributed by atoms with van der Waals surface area (Å²) in [6.07, 6.45) is -0.591. The molecule has 6 nitrogen and oxygen atoms in total. The lowest BCUT2D eigenvalue weighted by Crippen LogP contribution is -2.38. The molecule has 1 aliphatic heterocycles. The van der Waals surface area contributed by atoms with Crippen molar-refractivity contribution in [3.05, 3.63) is 35.4 Å². The average Bonchev–Trinajstić information content (AvgIpc) is 2.64. The van der Waals surface area contributed by atoms with Gasteiger partial charge in [0.25, 0.3) is 11.8 Å². The molecule has 0 unspecified atom stereocenters. The van der Waals surface area contributed by atoms with E-state index in [-0.39, 0.29) is 24.9 Å². The van der Waals surface area contributed by atoms with Gasteiger partial charge in [0, 0.05) is 13.1 Å². The Bertz CT molecular complexity index is 478. The number of alkyl carbamates (subject to hydrolysis) is 1. The normalized spacial score (nSPS) is 13.5. The Morgan fingerprint density at radius 1 is 1.22 bits per heavy atom. The first-order chi connectivity index (χ1) is 8.65. The van der Waals surface area contributed by atoms with Gasteiger partial charge in [-0.3, -0.25) is 14.5 Å². The van der Waals surface area contributed by atoms with Crippen LogP contribution in [0, 0.1) is 0 Å². The summed E-state index contributed by atoms with van der Waals surface area (Å²) in [6, 6.07) is 6.65. The summed E-state index contributed by atoms with van der Waals surface area (Å²) in [5, 5.41) is 2.42. The fourth-order valence-electron chi connectivity index (χ4n) is 1.78. The second kappa shape index (κ2) is 4.87. The Balaban J connectivity index is 2.03. The number of carbonyl (C=O) groups excluding carboxylic acids is 3. The highest BCUT2D eigenvalue weighted by atomic mass is 16.5. The predicted molar refractivity (Wildman–Crippen MR) is 62.2 cm³/mol. The van der Waals surface area contributed by atoms with E-state index in [1.54, 1.807) is 24.3 Å². The van der Waals surface area contributed by atoms with Crippen molar-refractivity contribution in [3.63, 3.8) is 0 Å². The Morgan fingerprint density at radius 3 is 2.28 bits per heavy atom. The van der Waals surface area contributed by atoms with Crippen LogP contribution in [0.1, 0.15) is 20.7 Å². The standard InChI is InChI=1S/C12H12N2O4/c1-18-12(17)13-6-7-14-10(15)8-4-2-3-5-9(8)11(14)16/h2-5H,6-7H2,1H3,(H,13,17). The molecule has 1 aromatic rings. The van der Waals surface area contributed by atoms with Crippen LogP contribution < -0.4 is 5.32 Å². The minimum atomic E-state index is -0.591. The van der Waals surface area contributed by atoms with Gasteiger partial charge >= 0.3 is 6.09 Å². The van der Waals surface area contributed by atoms with Crippen LogP contribution in [0.3, 0.4) is 0 Å². The van der Waals surface area contributed by atoms with Gasteiger partial charge in [0.1, 0.15) is 0 Å². The van der Waals surface area contributed by atoms with Crippen molar-refractivity contribution in [2.24, 2.45) is 0 Å². The molecule has 0 saturated carbocycles. The number of hydrogen-bond donors (Lipinski definition) is 1. The van der Waals surface area contributed by atoms with Crippen molar-refractivity contribution < 1.29 is 19.1 Å².